The van der Waals surface area contributed by atoms with Crippen LogP contribution in [0.2, 0.25) is 5.02 Å². The van der Waals surface area contributed by atoms with Crippen LogP contribution in [0.25, 0.3) is 10.7 Å². The molecule has 0 saturated carbocycles. The molecule has 0 spiro atoms. The molecule has 2 heterocycles. The first-order valence-electron chi connectivity index (χ1n) is 7.29. The fourth-order valence-electron chi connectivity index (χ4n) is 2.56. The topological polar surface area (TPSA) is 79.7 Å². The Hall–Kier alpha value is -2.22. The minimum absolute atomic E-state index is 0.00500. The van der Waals surface area contributed by atoms with Crippen molar-refractivity contribution in [1.29, 1.82) is 0 Å². The maximum absolute atomic E-state index is 14.6. The molecule has 1 aliphatic heterocycles. The zero-order chi connectivity index (χ0) is 19.1. The highest BCUT2D eigenvalue weighted by atomic mass is 35.5. The van der Waals surface area contributed by atoms with Gasteiger partial charge in [0.1, 0.15) is 22.2 Å². The van der Waals surface area contributed by atoms with Gasteiger partial charge >= 0.3 is 0 Å². The zero-order valence-electron chi connectivity index (χ0n) is 13.4. The quantitative estimate of drug-likeness (QED) is 0.614. The molecule has 0 unspecified atom stereocenters. The summed E-state index contributed by atoms with van der Waals surface area (Å²) in [5, 5.41) is 12.1. The Labute approximate surface area is 159 Å². The molecule has 0 radical (unpaired) electrons. The lowest BCUT2D eigenvalue weighted by atomic mass is 10.1. The van der Waals surface area contributed by atoms with E-state index in [4.69, 9.17) is 22.8 Å². The second-order valence-corrected chi connectivity index (χ2v) is 7.95. The van der Waals surface area contributed by atoms with Crippen LogP contribution in [0.15, 0.2) is 17.5 Å². The number of hydrogen-bond donors (Lipinski definition) is 1. The summed E-state index contributed by atoms with van der Waals surface area (Å²) in [6.07, 6.45) is 5.28. The highest BCUT2D eigenvalue weighted by Crippen LogP contribution is 2.47. The molecule has 0 bridgehead atoms. The zero-order valence-corrected chi connectivity index (χ0v) is 15.8. The summed E-state index contributed by atoms with van der Waals surface area (Å²) >= 11 is 7.01. The number of nitrogens with zero attached hydrogens (tertiary/aromatic N) is 2. The molecule has 1 aromatic heterocycles. The number of anilines is 1. The average molecular weight is 413 g/mol. The van der Waals surface area contributed by atoms with Gasteiger partial charge in [-0.1, -0.05) is 17.5 Å². The van der Waals surface area contributed by atoms with Crippen LogP contribution in [0.4, 0.5) is 10.2 Å². The van der Waals surface area contributed by atoms with Crippen LogP contribution in [0.3, 0.4) is 0 Å². The van der Waals surface area contributed by atoms with E-state index in [9.17, 15) is 17.9 Å². The van der Waals surface area contributed by atoms with E-state index in [0.717, 1.165) is 21.9 Å². The SMILES string of the molecule is BCOc1c(Cl)ccc(F)c1C1=C(O)c2csnc2N(CC#C)S1(=O)=O. The van der Waals surface area contributed by atoms with E-state index >= 15 is 0 Å². The summed E-state index contributed by atoms with van der Waals surface area (Å²) in [6.45, 7) is -0.217. The molecular weight excluding hydrogens is 402 g/mol. The number of benzene rings is 1. The van der Waals surface area contributed by atoms with Crippen LogP contribution >= 0.6 is 23.1 Å². The number of ether oxygens (including phenoxy) is 1. The van der Waals surface area contributed by atoms with Gasteiger partial charge in [-0.2, -0.15) is 4.37 Å². The lowest BCUT2D eigenvalue weighted by molar-refractivity contribution is 0.383. The molecule has 0 atom stereocenters. The van der Waals surface area contributed by atoms with Crippen LogP contribution in [-0.4, -0.2) is 38.8 Å². The minimum Gasteiger partial charge on any atom is -0.506 e. The molecule has 1 aromatic carbocycles. The Morgan fingerprint density at radius 2 is 2.23 bits per heavy atom. The molecule has 1 N–H and O–H groups in total. The summed E-state index contributed by atoms with van der Waals surface area (Å²) in [4.78, 5) is -0.663. The highest BCUT2D eigenvalue weighted by Gasteiger charge is 2.42. The molecule has 0 fully saturated rings. The maximum atomic E-state index is 14.6. The van der Waals surface area contributed by atoms with E-state index in [1.165, 1.54) is 11.4 Å². The first-order chi connectivity index (χ1) is 12.3. The minimum atomic E-state index is -4.41. The van der Waals surface area contributed by atoms with Crippen molar-refractivity contribution in [2.45, 2.75) is 0 Å². The molecule has 2 aromatic rings. The first-order valence-corrected chi connectivity index (χ1v) is 9.95. The van der Waals surface area contributed by atoms with Crippen molar-refractivity contribution >= 4 is 57.5 Å². The van der Waals surface area contributed by atoms with E-state index < -0.39 is 32.1 Å². The van der Waals surface area contributed by atoms with Crippen LogP contribution in [0, 0.1) is 18.2 Å². The largest absolute Gasteiger partial charge is 0.506 e. The van der Waals surface area contributed by atoms with E-state index in [1.807, 2.05) is 0 Å². The second-order valence-electron chi connectivity index (χ2n) is 5.11. The highest BCUT2D eigenvalue weighted by molar-refractivity contribution is 8.02. The molecule has 134 valence electrons. The van der Waals surface area contributed by atoms with Crippen LogP contribution < -0.4 is 9.04 Å². The van der Waals surface area contributed by atoms with E-state index in [1.54, 1.807) is 7.85 Å². The van der Waals surface area contributed by atoms with Gasteiger partial charge in [0.15, 0.2) is 13.7 Å². The Kier molecular flexibility index (Phi) is 4.88. The number of hydrogen-bond acceptors (Lipinski definition) is 6. The van der Waals surface area contributed by atoms with E-state index in [2.05, 4.69) is 10.3 Å². The summed E-state index contributed by atoms with van der Waals surface area (Å²) in [6, 6.07) is 2.25. The van der Waals surface area contributed by atoms with Crippen molar-refractivity contribution < 1.29 is 22.7 Å². The lowest BCUT2D eigenvalue weighted by Gasteiger charge is -2.28. The average Bonchev–Trinajstić information content (AvgIpc) is 3.07. The Balaban J connectivity index is 2.40. The van der Waals surface area contributed by atoms with Gasteiger partial charge in [0.05, 0.1) is 29.2 Å². The fraction of sp³-hybridized carbons (Fsp3) is 0.133. The predicted octanol–water partition coefficient (Wildman–Crippen LogP) is 2.07. The monoisotopic (exact) mass is 412 g/mol. The standard InChI is InChI=1S/C15H11BClFN2O4S2/c1-2-5-20-15-8(6-25-19-15)12(21)14(26(20,22)23)11-10(18)4-3-9(17)13(11)24-7-16/h1,3-4,6,21H,5,7,16H2. The van der Waals surface area contributed by atoms with Gasteiger partial charge in [0, 0.05) is 5.38 Å². The van der Waals surface area contributed by atoms with Gasteiger partial charge < -0.3 is 9.84 Å². The van der Waals surface area contributed by atoms with Crippen LogP contribution in [0.5, 0.6) is 5.75 Å². The molecule has 6 nitrogen and oxygen atoms in total. The van der Waals surface area contributed by atoms with Crippen LogP contribution in [-0.2, 0) is 10.0 Å². The third-order valence-corrected chi connectivity index (χ3v) is 6.33. The number of fused-ring (bicyclic) bond motifs is 1. The second kappa shape index (κ2) is 6.83. The molecule has 26 heavy (non-hydrogen) atoms. The van der Waals surface area contributed by atoms with Crippen molar-refractivity contribution in [3.63, 3.8) is 0 Å². The molecular formula is C15H11BClFN2O4S2. The smallest absolute Gasteiger partial charge is 0.270 e. The van der Waals surface area contributed by atoms with E-state index in [0.29, 0.717) is 0 Å². The van der Waals surface area contributed by atoms with Gasteiger partial charge in [0.25, 0.3) is 10.0 Å². The number of halogens is 2. The number of sulfonamides is 1. The van der Waals surface area contributed by atoms with Crippen molar-refractivity contribution in [3.8, 4) is 18.1 Å². The Bertz CT molecular complexity index is 1060. The number of aliphatic hydroxyl groups is 1. The van der Waals surface area contributed by atoms with Crippen molar-refractivity contribution in [2.24, 2.45) is 0 Å². The first kappa shape index (κ1) is 18.6. The fourth-order valence-corrected chi connectivity index (χ4v) is 5.13. The number of aliphatic hydroxyl groups excluding tert-OH is 1. The lowest BCUT2D eigenvalue weighted by Crippen LogP contribution is -2.36. The van der Waals surface area contributed by atoms with Gasteiger partial charge in [-0.3, -0.25) is 0 Å². The van der Waals surface area contributed by atoms with Gasteiger partial charge in [-0.25, -0.2) is 17.1 Å². The molecule has 0 aliphatic carbocycles. The number of rotatable bonds is 4. The van der Waals surface area contributed by atoms with Gasteiger partial charge in [-0.15, -0.1) is 6.42 Å². The molecule has 11 heteroatoms. The van der Waals surface area contributed by atoms with E-state index in [-0.39, 0.29) is 35.2 Å². The van der Waals surface area contributed by atoms with Crippen LogP contribution in [0.1, 0.15) is 11.1 Å². The summed E-state index contributed by atoms with van der Waals surface area (Å²) in [5.74, 6) is 0.511. The predicted molar refractivity (Wildman–Crippen MR) is 102 cm³/mol. The summed E-state index contributed by atoms with van der Waals surface area (Å²) in [5.41, 5.74) is -0.312. The third-order valence-electron chi connectivity index (χ3n) is 3.61. The van der Waals surface area contributed by atoms with Gasteiger partial charge in [0.2, 0.25) is 0 Å². The molecule has 1 aliphatic rings. The number of terminal acetylenes is 1. The normalized spacial score (nSPS) is 15.5. The van der Waals surface area contributed by atoms with Crippen molar-refractivity contribution in [1.82, 2.24) is 4.37 Å². The Morgan fingerprint density at radius 1 is 1.50 bits per heavy atom. The molecule has 0 saturated heterocycles. The number of aromatic nitrogens is 1. The third kappa shape index (κ3) is 2.72. The van der Waals surface area contributed by atoms with Crippen molar-refractivity contribution in [2.75, 3.05) is 17.4 Å². The maximum Gasteiger partial charge on any atom is 0.270 e. The molecule has 3 rings (SSSR count). The molecule has 0 amide bonds. The summed E-state index contributed by atoms with van der Waals surface area (Å²) < 4.78 is 51.0. The van der Waals surface area contributed by atoms with Gasteiger partial charge in [-0.05, 0) is 23.7 Å². The Morgan fingerprint density at radius 3 is 2.88 bits per heavy atom. The summed E-state index contributed by atoms with van der Waals surface area (Å²) in [7, 11) is -2.77. The van der Waals surface area contributed by atoms with Crippen molar-refractivity contribution in [3.05, 3.63) is 39.5 Å².